The van der Waals surface area contributed by atoms with Gasteiger partial charge in [-0.25, -0.2) is 0 Å². The highest BCUT2D eigenvalue weighted by Crippen LogP contribution is 2.22. The van der Waals surface area contributed by atoms with Crippen LogP contribution < -0.4 is 5.32 Å². The average molecular weight is 230 g/mol. The first-order valence-electron chi connectivity index (χ1n) is 6.05. The fourth-order valence-electron chi connectivity index (χ4n) is 2.05. The number of rotatable bonds is 4. The fraction of sp³-hybridized carbons (Fsp3) is 0.357. The molecule has 0 unspecified atom stereocenters. The predicted molar refractivity (Wildman–Crippen MR) is 70.0 cm³/mol. The fourth-order valence-corrected chi connectivity index (χ4v) is 2.05. The van der Waals surface area contributed by atoms with E-state index in [0.29, 0.717) is 6.42 Å². The summed E-state index contributed by atoms with van der Waals surface area (Å²) in [5, 5.41) is 4.06. The van der Waals surface area contributed by atoms with Crippen LogP contribution in [0.25, 0.3) is 10.9 Å². The van der Waals surface area contributed by atoms with Crippen LogP contribution in [0, 0.1) is 6.92 Å². The molecule has 90 valence electrons. The quantitative estimate of drug-likeness (QED) is 0.833. The van der Waals surface area contributed by atoms with Crippen molar-refractivity contribution >= 4 is 16.8 Å². The van der Waals surface area contributed by atoms with Crippen molar-refractivity contribution in [1.29, 1.82) is 0 Å². The van der Waals surface area contributed by atoms with Gasteiger partial charge in [-0.2, -0.15) is 0 Å². The van der Waals surface area contributed by atoms with Gasteiger partial charge in [0.15, 0.2) is 0 Å². The standard InChI is InChI=1S/C14H18N2O/c1-3-8-15-14(17)9-12-10(2)16-13-7-5-4-6-11(12)13/h4-7,16H,3,8-9H2,1-2H3,(H,15,17). The molecule has 0 saturated heterocycles. The van der Waals surface area contributed by atoms with Gasteiger partial charge in [0.05, 0.1) is 6.42 Å². The summed E-state index contributed by atoms with van der Waals surface area (Å²) >= 11 is 0. The van der Waals surface area contributed by atoms with E-state index in [0.717, 1.165) is 35.1 Å². The third kappa shape index (κ3) is 2.49. The Bertz CT molecular complexity index is 528. The predicted octanol–water partition coefficient (Wildman–Crippen LogP) is 2.55. The van der Waals surface area contributed by atoms with E-state index in [1.807, 2.05) is 25.1 Å². The van der Waals surface area contributed by atoms with Gasteiger partial charge in [0, 0.05) is 23.1 Å². The van der Waals surface area contributed by atoms with E-state index < -0.39 is 0 Å². The summed E-state index contributed by atoms with van der Waals surface area (Å²) in [4.78, 5) is 15.0. The summed E-state index contributed by atoms with van der Waals surface area (Å²) in [5.74, 6) is 0.0969. The molecule has 3 heteroatoms. The maximum absolute atomic E-state index is 11.7. The second-order valence-electron chi connectivity index (χ2n) is 4.30. The Hall–Kier alpha value is -1.77. The number of H-pyrrole nitrogens is 1. The molecule has 3 nitrogen and oxygen atoms in total. The number of carbonyl (C=O) groups is 1. The molecule has 1 heterocycles. The van der Waals surface area contributed by atoms with Gasteiger partial charge in [-0.15, -0.1) is 0 Å². The molecular weight excluding hydrogens is 212 g/mol. The first-order valence-corrected chi connectivity index (χ1v) is 6.05. The van der Waals surface area contributed by atoms with Crippen LogP contribution in [0.4, 0.5) is 0 Å². The minimum atomic E-state index is 0.0969. The molecule has 1 aromatic heterocycles. The zero-order chi connectivity index (χ0) is 12.3. The summed E-state index contributed by atoms with van der Waals surface area (Å²) < 4.78 is 0. The minimum absolute atomic E-state index is 0.0969. The molecule has 2 N–H and O–H groups in total. The van der Waals surface area contributed by atoms with E-state index in [-0.39, 0.29) is 5.91 Å². The lowest BCUT2D eigenvalue weighted by Crippen LogP contribution is -2.25. The first-order chi connectivity index (χ1) is 8.22. The van der Waals surface area contributed by atoms with Crippen LogP contribution in [0.3, 0.4) is 0 Å². The average Bonchev–Trinajstić information content (AvgIpc) is 2.64. The molecule has 2 rings (SSSR count). The molecule has 0 aliphatic heterocycles. The number of carbonyl (C=O) groups excluding carboxylic acids is 1. The van der Waals surface area contributed by atoms with Crippen LogP contribution >= 0.6 is 0 Å². The highest BCUT2D eigenvalue weighted by molar-refractivity contribution is 5.90. The number of aromatic amines is 1. The summed E-state index contributed by atoms with van der Waals surface area (Å²) in [6.45, 7) is 4.82. The number of fused-ring (bicyclic) bond motifs is 1. The van der Waals surface area contributed by atoms with E-state index >= 15 is 0 Å². The van der Waals surface area contributed by atoms with Gasteiger partial charge in [-0.3, -0.25) is 4.79 Å². The Morgan fingerprint density at radius 2 is 2.12 bits per heavy atom. The number of amides is 1. The highest BCUT2D eigenvalue weighted by atomic mass is 16.1. The number of nitrogens with one attached hydrogen (secondary N) is 2. The molecule has 0 fully saturated rings. The van der Waals surface area contributed by atoms with Gasteiger partial charge >= 0.3 is 0 Å². The van der Waals surface area contributed by atoms with Crippen molar-refractivity contribution in [2.75, 3.05) is 6.54 Å². The SMILES string of the molecule is CCCNC(=O)Cc1c(C)[nH]c2ccccc12. The van der Waals surface area contributed by atoms with Crippen LogP contribution in [0.15, 0.2) is 24.3 Å². The van der Waals surface area contributed by atoms with Gasteiger partial charge < -0.3 is 10.3 Å². The van der Waals surface area contributed by atoms with Crippen LogP contribution in [0.1, 0.15) is 24.6 Å². The van der Waals surface area contributed by atoms with Crippen molar-refractivity contribution in [3.05, 3.63) is 35.5 Å². The van der Waals surface area contributed by atoms with Gasteiger partial charge in [0.1, 0.15) is 0 Å². The third-order valence-corrected chi connectivity index (χ3v) is 2.94. The Morgan fingerprint density at radius 1 is 1.35 bits per heavy atom. The monoisotopic (exact) mass is 230 g/mol. The van der Waals surface area contributed by atoms with Crippen LogP contribution in [-0.2, 0) is 11.2 Å². The lowest BCUT2D eigenvalue weighted by atomic mass is 10.1. The van der Waals surface area contributed by atoms with E-state index in [4.69, 9.17) is 0 Å². The largest absolute Gasteiger partial charge is 0.358 e. The molecule has 0 atom stereocenters. The Kier molecular flexibility index (Phi) is 3.47. The molecule has 0 saturated carbocycles. The Morgan fingerprint density at radius 3 is 2.88 bits per heavy atom. The molecule has 0 radical (unpaired) electrons. The third-order valence-electron chi connectivity index (χ3n) is 2.94. The minimum Gasteiger partial charge on any atom is -0.358 e. The number of aromatic nitrogens is 1. The second-order valence-corrected chi connectivity index (χ2v) is 4.30. The lowest BCUT2D eigenvalue weighted by Gasteiger charge is -2.03. The smallest absolute Gasteiger partial charge is 0.224 e. The number of hydrogen-bond donors (Lipinski definition) is 2. The van der Waals surface area contributed by atoms with Crippen molar-refractivity contribution in [2.24, 2.45) is 0 Å². The lowest BCUT2D eigenvalue weighted by molar-refractivity contribution is -0.120. The number of benzene rings is 1. The van der Waals surface area contributed by atoms with Gasteiger partial charge in [0.2, 0.25) is 5.91 Å². The summed E-state index contributed by atoms with van der Waals surface area (Å²) in [6, 6.07) is 8.10. The van der Waals surface area contributed by atoms with Crippen molar-refractivity contribution in [2.45, 2.75) is 26.7 Å². The molecule has 0 aliphatic carbocycles. The maximum atomic E-state index is 11.7. The molecule has 0 aliphatic rings. The second kappa shape index (κ2) is 5.04. The first kappa shape index (κ1) is 11.7. The Balaban J connectivity index is 2.23. The van der Waals surface area contributed by atoms with Crippen LogP contribution in [0.5, 0.6) is 0 Å². The normalized spacial score (nSPS) is 10.7. The van der Waals surface area contributed by atoms with Crippen LogP contribution in [-0.4, -0.2) is 17.4 Å². The number of aryl methyl sites for hydroxylation is 1. The van der Waals surface area contributed by atoms with E-state index in [1.165, 1.54) is 0 Å². The van der Waals surface area contributed by atoms with Gasteiger partial charge in [0.25, 0.3) is 0 Å². The summed E-state index contributed by atoms with van der Waals surface area (Å²) in [7, 11) is 0. The van der Waals surface area contributed by atoms with Gasteiger partial charge in [-0.05, 0) is 25.0 Å². The molecule has 1 aromatic carbocycles. The summed E-state index contributed by atoms with van der Waals surface area (Å²) in [5.41, 5.74) is 3.29. The molecule has 1 amide bonds. The van der Waals surface area contributed by atoms with Gasteiger partial charge in [-0.1, -0.05) is 25.1 Å². The van der Waals surface area contributed by atoms with Crippen molar-refractivity contribution in [3.8, 4) is 0 Å². The van der Waals surface area contributed by atoms with E-state index in [2.05, 4.69) is 23.3 Å². The van der Waals surface area contributed by atoms with E-state index in [9.17, 15) is 4.79 Å². The topological polar surface area (TPSA) is 44.9 Å². The van der Waals surface area contributed by atoms with E-state index in [1.54, 1.807) is 0 Å². The van der Waals surface area contributed by atoms with Crippen molar-refractivity contribution < 1.29 is 4.79 Å². The molecule has 0 spiro atoms. The molecule has 17 heavy (non-hydrogen) atoms. The van der Waals surface area contributed by atoms with Crippen LogP contribution in [0.2, 0.25) is 0 Å². The zero-order valence-corrected chi connectivity index (χ0v) is 10.3. The molecule has 0 bridgehead atoms. The molecule has 2 aromatic rings. The number of hydrogen-bond acceptors (Lipinski definition) is 1. The molecular formula is C14H18N2O. The summed E-state index contributed by atoms with van der Waals surface area (Å²) in [6.07, 6.45) is 1.43. The Labute approximate surface area is 101 Å². The van der Waals surface area contributed by atoms with Crippen molar-refractivity contribution in [3.63, 3.8) is 0 Å². The zero-order valence-electron chi connectivity index (χ0n) is 10.3. The highest BCUT2D eigenvalue weighted by Gasteiger charge is 2.11. The number of para-hydroxylation sites is 1. The van der Waals surface area contributed by atoms with Crippen molar-refractivity contribution in [1.82, 2.24) is 10.3 Å². The maximum Gasteiger partial charge on any atom is 0.224 e.